The number of piperidine rings is 1. The zero-order valence-corrected chi connectivity index (χ0v) is 18.4. The molecule has 8 heteroatoms. The molecule has 3 amide bonds. The molecule has 1 aromatic heterocycles. The molecule has 8 nitrogen and oxygen atoms in total. The monoisotopic (exact) mass is 435 g/mol. The topological polar surface area (TPSA) is 78.8 Å². The zero-order valence-electron chi connectivity index (χ0n) is 18.4. The number of benzene rings is 1. The minimum absolute atomic E-state index is 0.0236. The molecule has 168 valence electrons. The summed E-state index contributed by atoms with van der Waals surface area (Å²) in [7, 11) is 0. The SMILES string of the molecule is CCn1cc(C(=O)N2CCC(N3C(=O)[C@H]4CN(Cc5ccccc5)C[C@H]4C3=O)CC2)cn1. The van der Waals surface area contributed by atoms with Gasteiger partial charge in [0.2, 0.25) is 11.8 Å². The van der Waals surface area contributed by atoms with Crippen molar-refractivity contribution in [3.63, 3.8) is 0 Å². The molecule has 0 bridgehead atoms. The first kappa shape index (κ1) is 20.9. The number of aryl methyl sites for hydroxylation is 1. The van der Waals surface area contributed by atoms with E-state index < -0.39 is 0 Å². The number of hydrogen-bond acceptors (Lipinski definition) is 5. The highest BCUT2D eigenvalue weighted by Crippen LogP contribution is 2.37. The number of aromatic nitrogens is 2. The fourth-order valence-electron chi connectivity index (χ4n) is 5.34. The Morgan fingerprint density at radius 3 is 2.28 bits per heavy atom. The summed E-state index contributed by atoms with van der Waals surface area (Å²) in [5.41, 5.74) is 1.79. The lowest BCUT2D eigenvalue weighted by molar-refractivity contribution is -0.144. The van der Waals surface area contributed by atoms with Crippen molar-refractivity contribution < 1.29 is 14.4 Å². The highest BCUT2D eigenvalue weighted by atomic mass is 16.2. The minimum Gasteiger partial charge on any atom is -0.338 e. The second-order valence-electron chi connectivity index (χ2n) is 9.05. The standard InChI is InChI=1S/C24H29N5O3/c1-2-28-14-18(12-25-28)22(30)27-10-8-19(9-11-27)29-23(31)20-15-26(16-21(20)24(29)32)13-17-6-4-3-5-7-17/h3-7,12,14,19-21H,2,8-11,13,15-16H2,1H3/t20-,21+. The maximum Gasteiger partial charge on any atom is 0.257 e. The van der Waals surface area contributed by atoms with Crippen LogP contribution in [0.4, 0.5) is 0 Å². The van der Waals surface area contributed by atoms with E-state index in [2.05, 4.69) is 22.1 Å². The van der Waals surface area contributed by atoms with E-state index in [4.69, 9.17) is 0 Å². The van der Waals surface area contributed by atoms with Gasteiger partial charge in [0.25, 0.3) is 5.91 Å². The molecule has 0 unspecified atom stereocenters. The lowest BCUT2D eigenvalue weighted by Crippen LogP contribution is -2.50. The number of amides is 3. The summed E-state index contributed by atoms with van der Waals surface area (Å²) in [6.07, 6.45) is 4.65. The summed E-state index contributed by atoms with van der Waals surface area (Å²) in [4.78, 5) is 44.6. The van der Waals surface area contributed by atoms with Crippen LogP contribution in [0.15, 0.2) is 42.7 Å². The van der Waals surface area contributed by atoms with E-state index in [1.165, 1.54) is 10.5 Å². The van der Waals surface area contributed by atoms with Gasteiger partial charge in [0.1, 0.15) is 0 Å². The van der Waals surface area contributed by atoms with Crippen LogP contribution in [-0.2, 0) is 22.7 Å². The molecular weight excluding hydrogens is 406 g/mol. The number of carbonyl (C=O) groups excluding carboxylic acids is 3. The van der Waals surface area contributed by atoms with Gasteiger partial charge in [0, 0.05) is 51.5 Å². The number of nitrogens with zero attached hydrogens (tertiary/aromatic N) is 5. The average molecular weight is 436 g/mol. The highest BCUT2D eigenvalue weighted by Gasteiger charge is 2.54. The Morgan fingerprint density at radius 2 is 1.69 bits per heavy atom. The van der Waals surface area contributed by atoms with Crippen molar-refractivity contribution in [3.8, 4) is 0 Å². The normalized spacial score (nSPS) is 24.4. The summed E-state index contributed by atoms with van der Waals surface area (Å²) in [6.45, 7) is 5.84. The molecule has 4 heterocycles. The highest BCUT2D eigenvalue weighted by molar-refractivity contribution is 6.06. The second kappa shape index (κ2) is 8.50. The van der Waals surface area contributed by atoms with Gasteiger partial charge < -0.3 is 4.90 Å². The molecule has 32 heavy (non-hydrogen) atoms. The molecule has 2 aromatic rings. The largest absolute Gasteiger partial charge is 0.338 e. The van der Waals surface area contributed by atoms with Gasteiger partial charge in [-0.05, 0) is 25.3 Å². The summed E-state index contributed by atoms with van der Waals surface area (Å²) in [6, 6.07) is 10.1. The number of imide groups is 1. The van der Waals surface area contributed by atoms with E-state index in [0.29, 0.717) is 44.6 Å². The smallest absolute Gasteiger partial charge is 0.257 e. The summed E-state index contributed by atoms with van der Waals surface area (Å²) in [5, 5.41) is 4.18. The van der Waals surface area contributed by atoms with Gasteiger partial charge in [0.05, 0.1) is 23.6 Å². The summed E-state index contributed by atoms with van der Waals surface area (Å²) >= 11 is 0. The lowest BCUT2D eigenvalue weighted by atomic mass is 10.00. The van der Waals surface area contributed by atoms with Crippen LogP contribution in [-0.4, -0.2) is 74.4 Å². The van der Waals surface area contributed by atoms with E-state index in [1.54, 1.807) is 22.0 Å². The molecule has 5 rings (SSSR count). The molecular formula is C24H29N5O3. The van der Waals surface area contributed by atoms with E-state index in [9.17, 15) is 14.4 Å². The van der Waals surface area contributed by atoms with Crippen LogP contribution in [0.3, 0.4) is 0 Å². The Labute approximate surface area is 187 Å². The van der Waals surface area contributed by atoms with Crippen LogP contribution in [0.2, 0.25) is 0 Å². The molecule has 1 aromatic carbocycles. The third-order valence-corrected chi connectivity index (χ3v) is 7.07. The lowest BCUT2D eigenvalue weighted by Gasteiger charge is -2.36. The number of carbonyl (C=O) groups is 3. The van der Waals surface area contributed by atoms with E-state index in [0.717, 1.165) is 13.1 Å². The Balaban J connectivity index is 1.18. The predicted octanol–water partition coefficient (Wildman–Crippen LogP) is 1.62. The number of rotatable bonds is 5. The summed E-state index contributed by atoms with van der Waals surface area (Å²) < 4.78 is 1.74. The van der Waals surface area contributed by atoms with Crippen LogP contribution in [0.1, 0.15) is 35.7 Å². The van der Waals surface area contributed by atoms with Crippen molar-refractivity contribution in [2.45, 2.75) is 38.9 Å². The predicted molar refractivity (Wildman–Crippen MR) is 117 cm³/mol. The van der Waals surface area contributed by atoms with Crippen molar-refractivity contribution in [2.24, 2.45) is 11.8 Å². The molecule has 3 fully saturated rings. The van der Waals surface area contributed by atoms with Crippen LogP contribution >= 0.6 is 0 Å². The molecule has 0 N–H and O–H groups in total. The fraction of sp³-hybridized carbons (Fsp3) is 0.500. The molecule has 0 aliphatic carbocycles. The number of likely N-dealkylation sites (tertiary alicyclic amines) is 3. The molecule has 3 aliphatic rings. The van der Waals surface area contributed by atoms with Crippen LogP contribution < -0.4 is 0 Å². The maximum atomic E-state index is 13.2. The van der Waals surface area contributed by atoms with E-state index in [1.807, 2.05) is 25.1 Å². The first-order chi connectivity index (χ1) is 15.5. The van der Waals surface area contributed by atoms with Gasteiger partial charge in [0.15, 0.2) is 0 Å². The average Bonchev–Trinajstić information content (AvgIpc) is 3.51. The molecule has 3 saturated heterocycles. The van der Waals surface area contributed by atoms with Gasteiger partial charge >= 0.3 is 0 Å². The van der Waals surface area contributed by atoms with Gasteiger partial charge in [-0.3, -0.25) is 28.9 Å². The number of hydrogen-bond donors (Lipinski definition) is 0. The molecule has 0 saturated carbocycles. The second-order valence-corrected chi connectivity index (χ2v) is 9.05. The van der Waals surface area contributed by atoms with Crippen molar-refractivity contribution in [2.75, 3.05) is 26.2 Å². The Bertz CT molecular complexity index is 988. The van der Waals surface area contributed by atoms with Crippen molar-refractivity contribution in [1.29, 1.82) is 0 Å². The minimum atomic E-state index is -0.231. The van der Waals surface area contributed by atoms with Crippen LogP contribution in [0.5, 0.6) is 0 Å². The molecule has 0 radical (unpaired) electrons. The van der Waals surface area contributed by atoms with Crippen LogP contribution in [0, 0.1) is 11.8 Å². The van der Waals surface area contributed by atoms with Crippen LogP contribution in [0.25, 0.3) is 0 Å². The Kier molecular flexibility index (Phi) is 5.55. The van der Waals surface area contributed by atoms with Crippen molar-refractivity contribution in [1.82, 2.24) is 24.5 Å². The van der Waals surface area contributed by atoms with E-state index >= 15 is 0 Å². The first-order valence-electron chi connectivity index (χ1n) is 11.5. The third kappa shape index (κ3) is 3.72. The number of fused-ring (bicyclic) bond motifs is 1. The Hall–Kier alpha value is -3.00. The third-order valence-electron chi connectivity index (χ3n) is 7.07. The fourth-order valence-corrected chi connectivity index (χ4v) is 5.34. The summed E-state index contributed by atoms with van der Waals surface area (Å²) in [5.74, 6) is -0.540. The van der Waals surface area contributed by atoms with Gasteiger partial charge in [-0.15, -0.1) is 0 Å². The van der Waals surface area contributed by atoms with Crippen molar-refractivity contribution >= 4 is 17.7 Å². The van der Waals surface area contributed by atoms with Crippen molar-refractivity contribution in [3.05, 3.63) is 53.9 Å². The van der Waals surface area contributed by atoms with Gasteiger partial charge in [-0.2, -0.15) is 5.10 Å². The first-order valence-corrected chi connectivity index (χ1v) is 11.5. The Morgan fingerprint density at radius 1 is 1.03 bits per heavy atom. The van der Waals surface area contributed by atoms with E-state index in [-0.39, 0.29) is 35.6 Å². The quantitative estimate of drug-likeness (QED) is 0.667. The zero-order chi connectivity index (χ0) is 22.2. The molecule has 3 aliphatic heterocycles. The van der Waals surface area contributed by atoms with Gasteiger partial charge in [-0.25, -0.2) is 0 Å². The molecule has 0 spiro atoms. The van der Waals surface area contributed by atoms with Gasteiger partial charge in [-0.1, -0.05) is 30.3 Å². The maximum absolute atomic E-state index is 13.2. The molecule has 2 atom stereocenters.